The molecule has 3 aromatic rings. The van der Waals surface area contributed by atoms with Crippen molar-refractivity contribution in [3.8, 4) is 0 Å². The molecule has 1 aliphatic rings. The number of benzene rings is 1. The van der Waals surface area contributed by atoms with Crippen molar-refractivity contribution in [1.82, 2.24) is 20.6 Å². The number of rotatable bonds is 5. The highest BCUT2D eigenvalue weighted by Crippen LogP contribution is 2.25. The molecule has 0 amide bonds. The van der Waals surface area contributed by atoms with Gasteiger partial charge in [-0.3, -0.25) is 4.99 Å². The van der Waals surface area contributed by atoms with Crippen LogP contribution in [-0.4, -0.2) is 48.7 Å². The second-order valence-electron chi connectivity index (χ2n) is 7.02. The van der Waals surface area contributed by atoms with Crippen LogP contribution >= 0.6 is 35.6 Å². The molecule has 3 heterocycles. The highest BCUT2D eigenvalue weighted by molar-refractivity contribution is 14.0. The van der Waals surface area contributed by atoms with Gasteiger partial charge in [-0.15, -0.1) is 24.0 Å². The van der Waals surface area contributed by atoms with E-state index in [0.29, 0.717) is 11.1 Å². The molecule has 1 fully saturated rings. The first-order valence-electron chi connectivity index (χ1n) is 9.62. The number of hydrogen-bond donors (Lipinski definition) is 3. The van der Waals surface area contributed by atoms with Crippen molar-refractivity contribution >= 4 is 58.3 Å². The summed E-state index contributed by atoms with van der Waals surface area (Å²) in [5, 5.41) is 8.88. The van der Waals surface area contributed by atoms with Gasteiger partial charge in [-0.2, -0.15) is 0 Å². The van der Waals surface area contributed by atoms with E-state index >= 15 is 0 Å². The van der Waals surface area contributed by atoms with Gasteiger partial charge in [0.25, 0.3) is 0 Å². The molecule has 0 saturated carbocycles. The van der Waals surface area contributed by atoms with E-state index in [1.807, 2.05) is 12.1 Å². The molecule has 1 unspecified atom stereocenters. The number of para-hydroxylation sites is 1. The Morgan fingerprint density at radius 1 is 1.31 bits per heavy atom. The lowest BCUT2D eigenvalue weighted by atomic mass is 10.2. The van der Waals surface area contributed by atoms with Crippen LogP contribution in [0.1, 0.15) is 12.1 Å². The lowest BCUT2D eigenvalue weighted by molar-refractivity contribution is 0.647. The molecule has 4 rings (SSSR count). The zero-order valence-corrected chi connectivity index (χ0v) is 19.4. The van der Waals surface area contributed by atoms with Gasteiger partial charge in [0.15, 0.2) is 5.96 Å². The van der Waals surface area contributed by atoms with Crippen LogP contribution in [0, 0.1) is 0 Å². The van der Waals surface area contributed by atoms with E-state index in [4.69, 9.17) is 11.6 Å². The van der Waals surface area contributed by atoms with Gasteiger partial charge in [0.1, 0.15) is 5.82 Å². The van der Waals surface area contributed by atoms with Crippen molar-refractivity contribution in [3.63, 3.8) is 0 Å². The first-order chi connectivity index (χ1) is 13.7. The first-order valence-corrected chi connectivity index (χ1v) is 10.00. The fourth-order valence-electron chi connectivity index (χ4n) is 3.65. The Kier molecular flexibility index (Phi) is 7.60. The quantitative estimate of drug-likeness (QED) is 0.270. The van der Waals surface area contributed by atoms with Crippen LogP contribution in [0.15, 0.2) is 53.7 Å². The molecule has 1 saturated heterocycles. The van der Waals surface area contributed by atoms with Gasteiger partial charge in [0.2, 0.25) is 0 Å². The van der Waals surface area contributed by atoms with E-state index in [0.717, 1.165) is 44.3 Å². The summed E-state index contributed by atoms with van der Waals surface area (Å²) in [5.74, 6) is 1.69. The van der Waals surface area contributed by atoms with Crippen molar-refractivity contribution < 1.29 is 0 Å². The number of hydrogen-bond acceptors (Lipinski definition) is 3. The summed E-state index contributed by atoms with van der Waals surface area (Å²) in [6, 6.07) is 14.6. The van der Waals surface area contributed by atoms with Gasteiger partial charge in [-0.1, -0.05) is 29.8 Å². The fourth-order valence-corrected chi connectivity index (χ4v) is 3.89. The molecule has 8 heteroatoms. The maximum absolute atomic E-state index is 6.28. The minimum Gasteiger partial charge on any atom is -0.358 e. The van der Waals surface area contributed by atoms with E-state index in [2.05, 4.69) is 60.8 Å². The molecule has 0 radical (unpaired) electrons. The molecule has 29 heavy (non-hydrogen) atoms. The molecule has 0 spiro atoms. The number of pyridine rings is 1. The number of fused-ring (bicyclic) bond motifs is 1. The molecular weight excluding hydrogens is 499 g/mol. The molecule has 6 nitrogen and oxygen atoms in total. The molecule has 154 valence electrons. The predicted molar refractivity (Wildman–Crippen MR) is 132 cm³/mol. The lowest BCUT2D eigenvalue weighted by Gasteiger charge is -2.20. The summed E-state index contributed by atoms with van der Waals surface area (Å²) >= 11 is 6.28. The number of nitrogens with one attached hydrogen (secondary N) is 3. The maximum atomic E-state index is 6.28. The van der Waals surface area contributed by atoms with Crippen molar-refractivity contribution in [2.24, 2.45) is 4.99 Å². The van der Waals surface area contributed by atoms with Gasteiger partial charge in [0, 0.05) is 56.6 Å². The van der Waals surface area contributed by atoms with E-state index in [-0.39, 0.29) is 24.0 Å². The number of H-pyrrole nitrogens is 1. The summed E-state index contributed by atoms with van der Waals surface area (Å²) in [5.41, 5.74) is 2.40. The average Bonchev–Trinajstić information content (AvgIpc) is 3.34. The predicted octanol–water partition coefficient (Wildman–Crippen LogP) is 3.82. The first kappa shape index (κ1) is 21.7. The second-order valence-corrected chi connectivity index (χ2v) is 7.42. The van der Waals surface area contributed by atoms with Crippen LogP contribution in [-0.2, 0) is 6.42 Å². The van der Waals surface area contributed by atoms with Crippen molar-refractivity contribution in [3.05, 3.63) is 59.4 Å². The van der Waals surface area contributed by atoms with E-state index in [9.17, 15) is 0 Å². The average molecular weight is 525 g/mol. The van der Waals surface area contributed by atoms with E-state index in [1.54, 1.807) is 13.2 Å². The normalized spacial score (nSPS) is 16.7. The van der Waals surface area contributed by atoms with Crippen LogP contribution in [0.4, 0.5) is 5.82 Å². The Hall–Kier alpha value is -2.00. The molecule has 1 aromatic carbocycles. The molecule has 0 bridgehead atoms. The van der Waals surface area contributed by atoms with Crippen molar-refractivity contribution in [2.45, 2.75) is 18.9 Å². The highest BCUT2D eigenvalue weighted by atomic mass is 127. The molecule has 2 aromatic heterocycles. The zero-order valence-electron chi connectivity index (χ0n) is 16.4. The molecule has 1 atom stereocenters. The standard InChI is InChI=1S/C21H25ClN6.HI/c1-23-21(25-11-8-16-13-15-5-2-3-7-19(15)26-16)27-17-9-12-28(14-17)20-18(22)6-4-10-24-20;/h2-7,10,13,17,26H,8-9,11-12,14H2,1H3,(H2,23,25,27);1H. The molecule has 3 N–H and O–H groups in total. The Balaban J connectivity index is 0.00000240. The minimum absolute atomic E-state index is 0. The van der Waals surface area contributed by atoms with Gasteiger partial charge >= 0.3 is 0 Å². The number of nitrogens with zero attached hydrogens (tertiary/aromatic N) is 3. The SMILES string of the molecule is CN=C(NCCc1cc2ccccc2[nH]1)NC1CCN(c2ncccc2Cl)C1.I. The summed E-state index contributed by atoms with van der Waals surface area (Å²) in [6.07, 6.45) is 3.72. The number of anilines is 1. The second kappa shape index (κ2) is 10.2. The molecular formula is C21H26ClIN6. The molecule has 1 aliphatic heterocycles. The largest absolute Gasteiger partial charge is 0.358 e. The Morgan fingerprint density at radius 3 is 2.97 bits per heavy atom. The monoisotopic (exact) mass is 524 g/mol. The van der Waals surface area contributed by atoms with Gasteiger partial charge in [-0.25, -0.2) is 4.98 Å². The number of aromatic nitrogens is 2. The number of halogens is 2. The van der Waals surface area contributed by atoms with Crippen LogP contribution in [0.25, 0.3) is 10.9 Å². The van der Waals surface area contributed by atoms with E-state index < -0.39 is 0 Å². The van der Waals surface area contributed by atoms with Gasteiger partial charge in [0.05, 0.1) is 5.02 Å². The van der Waals surface area contributed by atoms with Gasteiger partial charge in [-0.05, 0) is 36.1 Å². The maximum Gasteiger partial charge on any atom is 0.191 e. The smallest absolute Gasteiger partial charge is 0.191 e. The third kappa shape index (κ3) is 5.33. The van der Waals surface area contributed by atoms with Crippen LogP contribution in [0.2, 0.25) is 5.02 Å². The summed E-state index contributed by atoms with van der Waals surface area (Å²) < 4.78 is 0. The highest BCUT2D eigenvalue weighted by Gasteiger charge is 2.25. The van der Waals surface area contributed by atoms with Crippen LogP contribution < -0.4 is 15.5 Å². The lowest BCUT2D eigenvalue weighted by Crippen LogP contribution is -2.45. The number of guanidine groups is 1. The Morgan fingerprint density at radius 2 is 2.17 bits per heavy atom. The van der Waals surface area contributed by atoms with Gasteiger partial charge < -0.3 is 20.5 Å². The summed E-state index contributed by atoms with van der Waals surface area (Å²) in [7, 11) is 1.81. The topological polar surface area (TPSA) is 68.3 Å². The minimum atomic E-state index is 0. The van der Waals surface area contributed by atoms with Crippen LogP contribution in [0.3, 0.4) is 0 Å². The summed E-state index contributed by atoms with van der Waals surface area (Å²) in [4.78, 5) is 14.5. The number of aromatic amines is 1. The summed E-state index contributed by atoms with van der Waals surface area (Å²) in [6.45, 7) is 2.61. The zero-order chi connectivity index (χ0) is 19.3. The van der Waals surface area contributed by atoms with Crippen molar-refractivity contribution in [2.75, 3.05) is 31.6 Å². The van der Waals surface area contributed by atoms with Crippen molar-refractivity contribution in [1.29, 1.82) is 0 Å². The third-order valence-corrected chi connectivity index (χ3v) is 5.36. The van der Waals surface area contributed by atoms with E-state index in [1.165, 1.54) is 16.6 Å². The fraction of sp³-hybridized carbons (Fsp3) is 0.333. The third-order valence-electron chi connectivity index (χ3n) is 5.06. The molecule has 0 aliphatic carbocycles. The van der Waals surface area contributed by atoms with Crippen LogP contribution in [0.5, 0.6) is 0 Å². The Bertz CT molecular complexity index is 939. The number of aliphatic imine (C=N–C) groups is 1. The Labute approximate surface area is 193 Å².